The minimum Gasteiger partial charge on any atom is -0.383 e. The molecular formula is C14H13N5O. The Balaban J connectivity index is 2.04. The predicted octanol–water partition coefficient (Wildman–Crippen LogP) is 1.80. The number of carbonyl (C=O) groups is 1. The summed E-state index contributed by atoms with van der Waals surface area (Å²) in [5, 5.41) is 8.35. The van der Waals surface area contributed by atoms with E-state index >= 15 is 0 Å². The van der Waals surface area contributed by atoms with Gasteiger partial charge in [0.25, 0.3) is 5.91 Å². The Kier molecular flexibility index (Phi) is 2.83. The Morgan fingerprint density at radius 1 is 1.25 bits per heavy atom. The van der Waals surface area contributed by atoms with Crippen LogP contribution in [0, 0.1) is 0 Å². The van der Waals surface area contributed by atoms with Crippen LogP contribution >= 0.6 is 0 Å². The Labute approximate surface area is 115 Å². The maximum atomic E-state index is 12.4. The van der Waals surface area contributed by atoms with Gasteiger partial charge >= 0.3 is 0 Å². The third kappa shape index (κ3) is 1.97. The topological polar surface area (TPSA) is 85.8 Å². The van der Waals surface area contributed by atoms with Crippen LogP contribution in [0.1, 0.15) is 10.4 Å². The fraction of sp³-hybridized carbons (Fsp3) is 0.0714. The molecule has 0 unspecified atom stereocenters. The summed E-state index contributed by atoms with van der Waals surface area (Å²) < 4.78 is 1.59. The van der Waals surface area contributed by atoms with E-state index in [0.717, 1.165) is 10.8 Å². The number of anilines is 2. The van der Waals surface area contributed by atoms with E-state index in [-0.39, 0.29) is 5.91 Å². The van der Waals surface area contributed by atoms with E-state index in [1.54, 1.807) is 24.0 Å². The van der Waals surface area contributed by atoms with Crippen LogP contribution in [0.25, 0.3) is 10.8 Å². The Bertz CT molecular complexity index is 793. The molecule has 1 aromatic carbocycles. The zero-order valence-corrected chi connectivity index (χ0v) is 10.9. The summed E-state index contributed by atoms with van der Waals surface area (Å²) in [7, 11) is 1.76. The molecule has 2 aromatic heterocycles. The quantitative estimate of drug-likeness (QED) is 0.741. The molecule has 0 saturated heterocycles. The number of benzene rings is 1. The number of nitrogens with zero attached hydrogens (tertiary/aromatic N) is 3. The van der Waals surface area contributed by atoms with Crippen molar-refractivity contribution in [3.63, 3.8) is 0 Å². The zero-order valence-electron chi connectivity index (χ0n) is 10.9. The monoisotopic (exact) mass is 267 g/mol. The molecule has 3 rings (SSSR count). The Morgan fingerprint density at radius 3 is 2.70 bits per heavy atom. The first-order valence-electron chi connectivity index (χ1n) is 6.09. The van der Waals surface area contributed by atoms with Gasteiger partial charge in [0.1, 0.15) is 11.6 Å². The third-order valence-corrected chi connectivity index (χ3v) is 3.13. The fourth-order valence-corrected chi connectivity index (χ4v) is 2.08. The SMILES string of the molecule is Cn1nccc1NC(=O)c1cnc(N)c2ccccc12. The van der Waals surface area contributed by atoms with Gasteiger partial charge in [-0.3, -0.25) is 9.48 Å². The Hall–Kier alpha value is -2.89. The maximum absolute atomic E-state index is 12.4. The van der Waals surface area contributed by atoms with Crippen molar-refractivity contribution < 1.29 is 4.79 Å². The van der Waals surface area contributed by atoms with E-state index in [2.05, 4.69) is 15.4 Å². The van der Waals surface area contributed by atoms with Crippen molar-refractivity contribution in [2.75, 3.05) is 11.1 Å². The second-order valence-electron chi connectivity index (χ2n) is 4.40. The van der Waals surface area contributed by atoms with Crippen molar-refractivity contribution in [2.45, 2.75) is 0 Å². The molecule has 0 bridgehead atoms. The second kappa shape index (κ2) is 4.65. The van der Waals surface area contributed by atoms with E-state index in [9.17, 15) is 4.79 Å². The summed E-state index contributed by atoms with van der Waals surface area (Å²) in [6.07, 6.45) is 3.11. The number of nitrogens with two attached hydrogens (primary N) is 1. The predicted molar refractivity (Wildman–Crippen MR) is 77.3 cm³/mol. The van der Waals surface area contributed by atoms with Crippen molar-refractivity contribution in [2.24, 2.45) is 7.05 Å². The minimum absolute atomic E-state index is 0.239. The molecule has 0 fully saturated rings. The molecule has 3 N–H and O–H groups in total. The van der Waals surface area contributed by atoms with E-state index in [1.165, 1.54) is 6.20 Å². The van der Waals surface area contributed by atoms with Crippen LogP contribution in [0.3, 0.4) is 0 Å². The van der Waals surface area contributed by atoms with Crippen molar-refractivity contribution in [1.29, 1.82) is 0 Å². The number of nitrogens with one attached hydrogen (secondary N) is 1. The summed E-state index contributed by atoms with van der Waals surface area (Å²) in [6.45, 7) is 0. The number of amides is 1. The Morgan fingerprint density at radius 2 is 2.00 bits per heavy atom. The number of fused-ring (bicyclic) bond motifs is 1. The van der Waals surface area contributed by atoms with Crippen LogP contribution < -0.4 is 11.1 Å². The first-order chi connectivity index (χ1) is 9.66. The maximum Gasteiger partial charge on any atom is 0.259 e. The number of pyridine rings is 1. The molecule has 0 aliphatic rings. The molecule has 6 heteroatoms. The van der Waals surface area contributed by atoms with Crippen LogP contribution in [0.4, 0.5) is 11.6 Å². The third-order valence-electron chi connectivity index (χ3n) is 3.13. The van der Waals surface area contributed by atoms with E-state index < -0.39 is 0 Å². The lowest BCUT2D eigenvalue weighted by molar-refractivity contribution is 0.102. The minimum atomic E-state index is -0.239. The summed E-state index contributed by atoms with van der Waals surface area (Å²) in [6, 6.07) is 9.15. The molecule has 20 heavy (non-hydrogen) atoms. The van der Waals surface area contributed by atoms with Gasteiger partial charge in [-0.05, 0) is 5.39 Å². The first kappa shape index (κ1) is 12.2. The highest BCUT2D eigenvalue weighted by molar-refractivity contribution is 6.13. The average molecular weight is 267 g/mol. The molecule has 6 nitrogen and oxygen atoms in total. The van der Waals surface area contributed by atoms with Crippen LogP contribution in [0.5, 0.6) is 0 Å². The van der Waals surface area contributed by atoms with Gasteiger partial charge in [0.15, 0.2) is 0 Å². The van der Waals surface area contributed by atoms with Crippen molar-refractivity contribution >= 4 is 28.3 Å². The second-order valence-corrected chi connectivity index (χ2v) is 4.40. The molecular weight excluding hydrogens is 254 g/mol. The van der Waals surface area contributed by atoms with Gasteiger partial charge in [0, 0.05) is 24.7 Å². The smallest absolute Gasteiger partial charge is 0.259 e. The van der Waals surface area contributed by atoms with Gasteiger partial charge in [-0.25, -0.2) is 4.98 Å². The lowest BCUT2D eigenvalue weighted by atomic mass is 10.1. The molecule has 0 radical (unpaired) electrons. The van der Waals surface area contributed by atoms with E-state index in [4.69, 9.17) is 5.73 Å². The van der Waals surface area contributed by atoms with E-state index in [0.29, 0.717) is 17.2 Å². The van der Waals surface area contributed by atoms with Gasteiger partial charge in [0.05, 0.1) is 11.8 Å². The van der Waals surface area contributed by atoms with Crippen LogP contribution in [-0.4, -0.2) is 20.7 Å². The van der Waals surface area contributed by atoms with Crippen molar-refractivity contribution in [3.05, 3.63) is 48.3 Å². The number of aromatic nitrogens is 3. The number of aryl methyl sites for hydroxylation is 1. The average Bonchev–Trinajstić information content (AvgIpc) is 2.85. The molecule has 3 aromatic rings. The van der Waals surface area contributed by atoms with Gasteiger partial charge in [-0.2, -0.15) is 5.10 Å². The number of rotatable bonds is 2. The highest BCUT2D eigenvalue weighted by Gasteiger charge is 2.13. The fourth-order valence-electron chi connectivity index (χ4n) is 2.08. The van der Waals surface area contributed by atoms with Crippen molar-refractivity contribution in [1.82, 2.24) is 14.8 Å². The standard InChI is InChI=1S/C14H13N5O/c1-19-12(6-7-17-19)18-14(20)11-8-16-13(15)10-5-3-2-4-9(10)11/h2-8H,1H3,(H2,15,16)(H,18,20). The van der Waals surface area contributed by atoms with Gasteiger partial charge in [-0.1, -0.05) is 24.3 Å². The highest BCUT2D eigenvalue weighted by Crippen LogP contribution is 2.23. The molecule has 1 amide bonds. The summed E-state index contributed by atoms with van der Waals surface area (Å²) in [5.74, 6) is 0.797. The zero-order chi connectivity index (χ0) is 14.1. The van der Waals surface area contributed by atoms with Crippen LogP contribution in [-0.2, 0) is 7.05 Å². The number of hydrogen-bond donors (Lipinski definition) is 2. The molecule has 0 aliphatic carbocycles. The first-order valence-corrected chi connectivity index (χ1v) is 6.09. The van der Waals surface area contributed by atoms with Crippen molar-refractivity contribution in [3.8, 4) is 0 Å². The molecule has 0 spiro atoms. The molecule has 100 valence electrons. The summed E-state index contributed by atoms with van der Waals surface area (Å²) in [4.78, 5) is 16.4. The van der Waals surface area contributed by atoms with Gasteiger partial charge in [-0.15, -0.1) is 0 Å². The molecule has 0 aliphatic heterocycles. The number of nitrogen functional groups attached to an aromatic ring is 1. The van der Waals surface area contributed by atoms with Gasteiger partial charge < -0.3 is 11.1 Å². The highest BCUT2D eigenvalue weighted by atomic mass is 16.1. The lowest BCUT2D eigenvalue weighted by Crippen LogP contribution is -2.15. The largest absolute Gasteiger partial charge is 0.383 e. The van der Waals surface area contributed by atoms with Crippen LogP contribution in [0.2, 0.25) is 0 Å². The summed E-state index contributed by atoms with van der Waals surface area (Å²) in [5.41, 5.74) is 6.31. The normalized spacial score (nSPS) is 10.7. The molecule has 0 atom stereocenters. The summed E-state index contributed by atoms with van der Waals surface area (Å²) >= 11 is 0. The molecule has 0 saturated carbocycles. The lowest BCUT2D eigenvalue weighted by Gasteiger charge is -2.09. The van der Waals surface area contributed by atoms with E-state index in [1.807, 2.05) is 24.3 Å². The van der Waals surface area contributed by atoms with Gasteiger partial charge in [0.2, 0.25) is 0 Å². The van der Waals surface area contributed by atoms with Crippen LogP contribution in [0.15, 0.2) is 42.7 Å². The molecule has 2 heterocycles. The number of carbonyl (C=O) groups excluding carboxylic acids is 1. The number of hydrogen-bond acceptors (Lipinski definition) is 4.